The molecule has 0 saturated heterocycles. The first kappa shape index (κ1) is 16.7. The number of hydrogen-bond donors (Lipinski definition) is 1. The summed E-state index contributed by atoms with van der Waals surface area (Å²) in [5, 5.41) is 4.81. The number of rotatable bonds is 3. The molecule has 0 aliphatic rings. The minimum absolute atomic E-state index is 0.138. The van der Waals surface area contributed by atoms with Crippen molar-refractivity contribution < 1.29 is 4.79 Å². The Hall–Kier alpha value is -1.73. The van der Waals surface area contributed by atoms with Crippen LogP contribution in [0.4, 0.5) is 5.00 Å². The second kappa shape index (κ2) is 6.53. The molecule has 0 fully saturated rings. The van der Waals surface area contributed by atoms with Gasteiger partial charge in [0.25, 0.3) is 5.91 Å². The zero-order valence-electron chi connectivity index (χ0n) is 13.4. The summed E-state index contributed by atoms with van der Waals surface area (Å²) >= 11 is 10.4. The van der Waals surface area contributed by atoms with Gasteiger partial charge in [-0.15, -0.1) is 34.0 Å². The number of nitrogens with one attached hydrogen (secondary N) is 1. The highest BCUT2D eigenvalue weighted by Crippen LogP contribution is 2.43. The lowest BCUT2D eigenvalue weighted by molar-refractivity contribution is 0.103. The van der Waals surface area contributed by atoms with Gasteiger partial charge in [0, 0.05) is 10.4 Å². The molecule has 1 N–H and O–H groups in total. The van der Waals surface area contributed by atoms with Gasteiger partial charge in [0.15, 0.2) is 0 Å². The highest BCUT2D eigenvalue weighted by Gasteiger charge is 2.20. The summed E-state index contributed by atoms with van der Waals surface area (Å²) in [6.45, 7) is 4.14. The second-order valence-electron chi connectivity index (χ2n) is 5.53. The van der Waals surface area contributed by atoms with Crippen molar-refractivity contribution in [2.75, 3.05) is 5.32 Å². The quantitative estimate of drug-likeness (QED) is 0.417. The van der Waals surface area contributed by atoms with Crippen molar-refractivity contribution in [1.29, 1.82) is 0 Å². The first-order chi connectivity index (χ1) is 12.0. The minimum atomic E-state index is -0.138. The molecule has 0 saturated carbocycles. The maximum atomic E-state index is 12.5. The number of amides is 1. The Morgan fingerprint density at radius 3 is 2.60 bits per heavy atom. The summed E-state index contributed by atoms with van der Waals surface area (Å²) < 4.78 is 1.75. The lowest BCUT2D eigenvalue weighted by Crippen LogP contribution is -2.09. The Kier molecular flexibility index (Phi) is 4.37. The number of aromatic nitrogens is 1. The maximum Gasteiger partial charge on any atom is 0.266 e. The van der Waals surface area contributed by atoms with Gasteiger partial charge in [0.2, 0.25) is 0 Å². The first-order valence-corrected chi connectivity index (χ1v) is 10.4. The third-order valence-corrected chi connectivity index (χ3v) is 7.32. The smallest absolute Gasteiger partial charge is 0.266 e. The average molecular weight is 405 g/mol. The number of para-hydroxylation sites is 1. The van der Waals surface area contributed by atoms with Gasteiger partial charge in [0.1, 0.15) is 10.0 Å². The van der Waals surface area contributed by atoms with Crippen molar-refractivity contribution in [3.63, 3.8) is 0 Å². The van der Waals surface area contributed by atoms with Crippen LogP contribution in [0.5, 0.6) is 0 Å². The van der Waals surface area contributed by atoms with E-state index in [1.807, 2.05) is 18.2 Å². The molecule has 0 unspecified atom stereocenters. The maximum absolute atomic E-state index is 12.5. The normalized spacial score (nSPS) is 11.2. The monoisotopic (exact) mass is 404 g/mol. The molecule has 3 nitrogen and oxygen atoms in total. The van der Waals surface area contributed by atoms with Gasteiger partial charge < -0.3 is 5.32 Å². The molecule has 0 aliphatic heterocycles. The van der Waals surface area contributed by atoms with Crippen molar-refractivity contribution in [3.05, 3.63) is 56.1 Å². The summed E-state index contributed by atoms with van der Waals surface area (Å²) in [6, 6.07) is 11.6. The fraction of sp³-hybridized carbons (Fsp3) is 0.111. The molecule has 0 radical (unpaired) electrons. The molecule has 4 rings (SSSR count). The van der Waals surface area contributed by atoms with Gasteiger partial charge in [-0.1, -0.05) is 23.7 Å². The molecular formula is C18H13ClN2OS3. The molecule has 0 atom stereocenters. The van der Waals surface area contributed by atoms with Gasteiger partial charge in [0.05, 0.1) is 19.4 Å². The van der Waals surface area contributed by atoms with Gasteiger partial charge in [-0.3, -0.25) is 4.79 Å². The first-order valence-electron chi connectivity index (χ1n) is 7.55. The van der Waals surface area contributed by atoms with Gasteiger partial charge in [-0.25, -0.2) is 4.98 Å². The fourth-order valence-corrected chi connectivity index (χ4v) is 5.69. The summed E-state index contributed by atoms with van der Waals surface area (Å²) in [6.07, 6.45) is 0. The number of carbonyl (C=O) groups is 1. The van der Waals surface area contributed by atoms with Crippen molar-refractivity contribution in [1.82, 2.24) is 4.98 Å². The van der Waals surface area contributed by atoms with Crippen LogP contribution in [0.2, 0.25) is 4.34 Å². The fourth-order valence-electron chi connectivity index (χ4n) is 2.55. The van der Waals surface area contributed by atoms with Crippen molar-refractivity contribution in [2.24, 2.45) is 0 Å². The number of hydrogen-bond acceptors (Lipinski definition) is 5. The van der Waals surface area contributed by atoms with E-state index in [2.05, 4.69) is 25.2 Å². The number of benzene rings is 1. The van der Waals surface area contributed by atoms with Crippen LogP contribution in [0.15, 0.2) is 36.4 Å². The molecular weight excluding hydrogens is 392 g/mol. The number of thiophene rings is 2. The zero-order chi connectivity index (χ0) is 17.6. The number of thiazole rings is 1. The average Bonchev–Trinajstić information content (AvgIpc) is 3.26. The second-order valence-corrected chi connectivity index (χ2v) is 9.50. The Bertz CT molecular complexity index is 1060. The Balaban J connectivity index is 1.76. The third kappa shape index (κ3) is 3.11. The Labute approximate surface area is 161 Å². The summed E-state index contributed by atoms with van der Waals surface area (Å²) in [5.41, 5.74) is 3.15. The number of nitrogens with zero attached hydrogens (tertiary/aromatic N) is 1. The van der Waals surface area contributed by atoms with E-state index < -0.39 is 0 Å². The van der Waals surface area contributed by atoms with E-state index >= 15 is 0 Å². The molecule has 25 heavy (non-hydrogen) atoms. The van der Waals surface area contributed by atoms with Gasteiger partial charge >= 0.3 is 0 Å². The van der Waals surface area contributed by atoms with Crippen molar-refractivity contribution in [2.45, 2.75) is 13.8 Å². The Morgan fingerprint density at radius 1 is 1.08 bits per heavy atom. The highest BCUT2D eigenvalue weighted by atomic mass is 35.5. The van der Waals surface area contributed by atoms with Crippen molar-refractivity contribution >= 4 is 66.7 Å². The van der Waals surface area contributed by atoms with Gasteiger partial charge in [-0.05, 0) is 43.7 Å². The molecule has 3 aromatic heterocycles. The minimum Gasteiger partial charge on any atom is -0.312 e. The number of halogens is 1. The van der Waals surface area contributed by atoms with E-state index in [0.29, 0.717) is 9.21 Å². The van der Waals surface area contributed by atoms with Crippen LogP contribution in [0.3, 0.4) is 0 Å². The standard InChI is InChI=1S/C18H13ClN2OS3/c1-9-10(2)23-18(21-16(22)13-7-8-14(19)24-13)15(9)17-20-11-5-3-4-6-12(11)25-17/h3-8H,1-2H3,(H,21,22). The summed E-state index contributed by atoms with van der Waals surface area (Å²) in [5.74, 6) is -0.138. The van der Waals surface area contributed by atoms with Crippen LogP contribution in [-0.2, 0) is 0 Å². The molecule has 0 spiro atoms. The molecule has 7 heteroatoms. The topological polar surface area (TPSA) is 42.0 Å². The van der Waals surface area contributed by atoms with Crippen molar-refractivity contribution in [3.8, 4) is 10.6 Å². The number of carbonyl (C=O) groups excluding carboxylic acids is 1. The largest absolute Gasteiger partial charge is 0.312 e. The molecule has 1 aromatic carbocycles. The van der Waals surface area contributed by atoms with Crippen LogP contribution in [0.25, 0.3) is 20.8 Å². The molecule has 126 valence electrons. The highest BCUT2D eigenvalue weighted by molar-refractivity contribution is 7.23. The van der Waals surface area contributed by atoms with Crippen LogP contribution in [0.1, 0.15) is 20.1 Å². The van der Waals surface area contributed by atoms with Gasteiger partial charge in [-0.2, -0.15) is 0 Å². The van der Waals surface area contributed by atoms with Crippen LogP contribution in [0, 0.1) is 13.8 Å². The number of aryl methyl sites for hydroxylation is 1. The summed E-state index contributed by atoms with van der Waals surface area (Å²) in [4.78, 5) is 19.1. The molecule has 0 bridgehead atoms. The zero-order valence-corrected chi connectivity index (χ0v) is 16.6. The van der Waals surface area contributed by atoms with E-state index in [9.17, 15) is 4.79 Å². The van der Waals surface area contributed by atoms with E-state index in [-0.39, 0.29) is 5.91 Å². The predicted molar refractivity (Wildman–Crippen MR) is 110 cm³/mol. The molecule has 4 aromatic rings. The van der Waals surface area contributed by atoms with E-state index in [0.717, 1.165) is 31.4 Å². The van der Waals surface area contributed by atoms with Crippen LogP contribution >= 0.6 is 45.6 Å². The SMILES string of the molecule is Cc1sc(NC(=O)c2ccc(Cl)s2)c(-c2nc3ccccc3s2)c1C. The molecule has 1 amide bonds. The van der Waals surface area contributed by atoms with Crippen LogP contribution in [-0.4, -0.2) is 10.9 Å². The van der Waals surface area contributed by atoms with E-state index in [1.165, 1.54) is 16.2 Å². The lowest BCUT2D eigenvalue weighted by Gasteiger charge is -2.04. The lowest BCUT2D eigenvalue weighted by atomic mass is 10.1. The summed E-state index contributed by atoms with van der Waals surface area (Å²) in [7, 11) is 0. The predicted octanol–water partition coefficient (Wildman–Crippen LogP) is 6.61. The third-order valence-electron chi connectivity index (χ3n) is 3.92. The van der Waals surface area contributed by atoms with E-state index in [4.69, 9.17) is 16.6 Å². The molecule has 0 aliphatic carbocycles. The Morgan fingerprint density at radius 2 is 1.88 bits per heavy atom. The van der Waals surface area contributed by atoms with Crippen LogP contribution < -0.4 is 5.32 Å². The number of fused-ring (bicyclic) bond motifs is 1. The number of anilines is 1. The van der Waals surface area contributed by atoms with E-state index in [1.54, 1.807) is 34.8 Å². The molecule has 3 heterocycles.